The molecule has 4 aromatic heterocycles. The summed E-state index contributed by atoms with van der Waals surface area (Å²) in [5.41, 5.74) is 20.9. The van der Waals surface area contributed by atoms with Crippen LogP contribution in [-0.2, 0) is 42.7 Å². The van der Waals surface area contributed by atoms with Crippen molar-refractivity contribution >= 4 is 43.6 Å². The maximum atomic E-state index is 11.2. The van der Waals surface area contributed by atoms with E-state index in [9.17, 15) is 5.11 Å². The Labute approximate surface area is 486 Å². The van der Waals surface area contributed by atoms with E-state index in [1.807, 2.05) is 24.4 Å². The molecule has 0 aliphatic rings. The van der Waals surface area contributed by atoms with Crippen LogP contribution in [0.3, 0.4) is 0 Å². The van der Waals surface area contributed by atoms with Crippen molar-refractivity contribution in [1.82, 2.24) is 19.1 Å². The van der Waals surface area contributed by atoms with Gasteiger partial charge >= 0.3 is 0 Å². The molecule has 0 amide bonds. The van der Waals surface area contributed by atoms with E-state index in [0.717, 1.165) is 67.2 Å². The van der Waals surface area contributed by atoms with Crippen LogP contribution in [-0.4, -0.2) is 24.2 Å². The third-order valence-electron chi connectivity index (χ3n) is 16.0. The van der Waals surface area contributed by atoms with Crippen molar-refractivity contribution in [2.24, 2.45) is 0 Å². The van der Waals surface area contributed by atoms with Crippen LogP contribution in [0.1, 0.15) is 105 Å². The molecule has 0 fully saturated rings. The molecule has 8 aromatic carbocycles. The van der Waals surface area contributed by atoms with Gasteiger partial charge in [0.15, 0.2) is 0 Å². The number of phenols is 1. The number of rotatable bonds is 7. The van der Waals surface area contributed by atoms with Crippen molar-refractivity contribution in [3.8, 4) is 73.2 Å². The van der Waals surface area contributed by atoms with Gasteiger partial charge in [-0.3, -0.25) is 9.97 Å². The Balaban J connectivity index is 0.00000675. The van der Waals surface area contributed by atoms with E-state index in [0.29, 0.717) is 11.3 Å². The van der Waals surface area contributed by atoms with Crippen LogP contribution in [0.4, 0.5) is 0 Å². The molecular weight excluding hydrogens is 1160 g/mol. The Morgan fingerprint density at radius 1 is 0.375 bits per heavy atom. The minimum atomic E-state index is -0.0617. The van der Waals surface area contributed by atoms with Crippen molar-refractivity contribution in [1.29, 1.82) is 0 Å². The third kappa shape index (κ3) is 9.89. The predicted molar refractivity (Wildman–Crippen MR) is 333 cm³/mol. The van der Waals surface area contributed by atoms with E-state index in [1.165, 1.54) is 54.8 Å². The number of para-hydroxylation sites is 3. The van der Waals surface area contributed by atoms with Gasteiger partial charge in [0.05, 0.1) is 27.8 Å². The second-order valence-electron chi connectivity index (χ2n) is 25.7. The molecule has 6 heteroatoms. The summed E-state index contributed by atoms with van der Waals surface area (Å²) in [7, 11) is 0. The van der Waals surface area contributed by atoms with Crippen LogP contribution in [0.15, 0.2) is 194 Å². The van der Waals surface area contributed by atoms with Gasteiger partial charge in [-0.05, 0) is 139 Å². The van der Waals surface area contributed by atoms with Crippen molar-refractivity contribution in [2.75, 3.05) is 0 Å². The Morgan fingerprint density at radius 2 is 0.863 bits per heavy atom. The fraction of sp³-hybridized carbons (Fsp3) is 0.216. The molecule has 5 nitrogen and oxygen atoms in total. The molecular formula is C74H69N4OPt-. The Morgan fingerprint density at radius 3 is 1.48 bits per heavy atom. The SMILES string of the molecule is CC(C)(C)c1cc(-c2cc(-c3[c-]c(-c4cc(-c5cccc6c7ccccc7n(-c7ccc(-n8c9ccc(C(C)(C)C)cc9c9cc(C(C)(C)C)ccc98)cc7)c56)ccn4)ccc3)nc(-c3ccccc3O)c2)cc(C(C)(C)C)c1.[Pt]. The molecule has 0 saturated carbocycles. The minimum Gasteiger partial charge on any atom is -0.507 e. The molecule has 0 bridgehead atoms. The molecule has 12 rings (SSSR count). The summed E-state index contributed by atoms with van der Waals surface area (Å²) in [6.07, 6.45) is 1.91. The summed E-state index contributed by atoms with van der Waals surface area (Å²) in [5, 5.41) is 16.1. The minimum absolute atomic E-state index is 0. The fourth-order valence-electron chi connectivity index (χ4n) is 11.3. The molecule has 0 radical (unpaired) electrons. The molecule has 0 unspecified atom stereocenters. The smallest absolute Gasteiger partial charge is 0.124 e. The molecule has 402 valence electrons. The number of benzene rings is 8. The van der Waals surface area contributed by atoms with Crippen LogP contribution in [0, 0.1) is 6.07 Å². The summed E-state index contributed by atoms with van der Waals surface area (Å²) >= 11 is 0. The maximum Gasteiger partial charge on any atom is 0.124 e. The van der Waals surface area contributed by atoms with Gasteiger partial charge in [0.1, 0.15) is 5.75 Å². The van der Waals surface area contributed by atoms with Crippen LogP contribution in [0.2, 0.25) is 0 Å². The zero-order chi connectivity index (χ0) is 55.3. The topological polar surface area (TPSA) is 55.9 Å². The Hall–Kier alpha value is -7.85. The van der Waals surface area contributed by atoms with Gasteiger partial charge in [0.2, 0.25) is 0 Å². The van der Waals surface area contributed by atoms with Crippen LogP contribution >= 0.6 is 0 Å². The first-order valence-electron chi connectivity index (χ1n) is 27.8. The maximum absolute atomic E-state index is 11.2. The number of hydrogen-bond acceptors (Lipinski definition) is 3. The van der Waals surface area contributed by atoms with Crippen LogP contribution in [0.5, 0.6) is 5.75 Å². The van der Waals surface area contributed by atoms with Crippen molar-refractivity contribution in [3.05, 3.63) is 223 Å². The Kier molecular flexibility index (Phi) is 13.6. The first-order chi connectivity index (χ1) is 37.6. The van der Waals surface area contributed by atoms with Crippen LogP contribution in [0.25, 0.3) is 111 Å². The number of phenolic OH excluding ortho intramolecular Hbond substituents is 1. The van der Waals surface area contributed by atoms with Crippen LogP contribution < -0.4 is 0 Å². The zero-order valence-corrected chi connectivity index (χ0v) is 50.3. The van der Waals surface area contributed by atoms with Crippen molar-refractivity contribution in [3.63, 3.8) is 0 Å². The van der Waals surface area contributed by atoms with E-state index in [1.54, 1.807) is 6.07 Å². The average Bonchev–Trinajstić information content (AvgIpc) is 4.10. The molecule has 80 heavy (non-hydrogen) atoms. The van der Waals surface area contributed by atoms with Gasteiger partial charge in [0.25, 0.3) is 0 Å². The number of aromatic nitrogens is 4. The standard InChI is InChI=1S/C74H69N4O.Pt/c1-71(2,3)51-27-33-67-61(44-51)62-45-52(72(4,5)6)28-34-68(62)77(67)55-29-31-56(32-30-55)78-66-25-15-13-21-58(66)59-24-18-23-57(70(59)78)46-35-36-75-63(40-46)47-19-17-20-48(37-47)64-41-50(42-65(76-64)60-22-14-16-26-69(60)79)49-38-53(73(7,8)9)43-54(39-49)74(10,11)12;/h13-36,38-45,79H,1-12H3;/q-1;. The summed E-state index contributed by atoms with van der Waals surface area (Å²) in [4.78, 5) is 10.2. The van der Waals surface area contributed by atoms with Gasteiger partial charge in [-0.1, -0.05) is 185 Å². The molecule has 0 aliphatic heterocycles. The predicted octanol–water partition coefficient (Wildman–Crippen LogP) is 19.7. The van der Waals surface area contributed by atoms with Gasteiger partial charge < -0.3 is 14.2 Å². The number of nitrogens with zero attached hydrogens (tertiary/aromatic N) is 4. The van der Waals surface area contributed by atoms with E-state index in [4.69, 9.17) is 9.97 Å². The molecule has 0 atom stereocenters. The van der Waals surface area contributed by atoms with Gasteiger partial charge in [0, 0.05) is 82.7 Å². The van der Waals surface area contributed by atoms with Crippen molar-refractivity contribution < 1.29 is 26.2 Å². The fourth-order valence-corrected chi connectivity index (χ4v) is 11.3. The number of pyridine rings is 2. The van der Waals surface area contributed by atoms with Crippen molar-refractivity contribution in [2.45, 2.75) is 105 Å². The summed E-state index contributed by atoms with van der Waals surface area (Å²) < 4.78 is 4.86. The normalized spacial score (nSPS) is 12.4. The first kappa shape index (κ1) is 54.1. The molecule has 0 saturated heterocycles. The summed E-state index contributed by atoms with van der Waals surface area (Å²) in [5.74, 6) is 0.186. The molecule has 0 spiro atoms. The molecule has 1 N–H and O–H groups in total. The second kappa shape index (κ2) is 20.0. The summed E-state index contributed by atoms with van der Waals surface area (Å²) in [6.45, 7) is 27.4. The monoisotopic (exact) mass is 1220 g/mol. The third-order valence-corrected chi connectivity index (χ3v) is 16.0. The van der Waals surface area contributed by atoms with Gasteiger partial charge in [-0.25, -0.2) is 0 Å². The van der Waals surface area contributed by atoms with E-state index in [-0.39, 0.29) is 48.5 Å². The number of aromatic hydroxyl groups is 1. The van der Waals surface area contributed by atoms with Gasteiger partial charge in [-0.15, -0.1) is 24.3 Å². The van der Waals surface area contributed by atoms with E-state index < -0.39 is 0 Å². The molecule has 0 aliphatic carbocycles. The molecule has 12 aromatic rings. The second-order valence-corrected chi connectivity index (χ2v) is 25.7. The molecule has 4 heterocycles. The largest absolute Gasteiger partial charge is 0.507 e. The van der Waals surface area contributed by atoms with E-state index >= 15 is 0 Å². The zero-order valence-electron chi connectivity index (χ0n) is 48.0. The average molecular weight is 1230 g/mol. The summed E-state index contributed by atoms with van der Waals surface area (Å²) in [6, 6.07) is 71.5. The quantitative estimate of drug-likeness (QED) is 0.162. The first-order valence-corrected chi connectivity index (χ1v) is 27.8. The van der Waals surface area contributed by atoms with E-state index in [2.05, 4.69) is 262 Å². The van der Waals surface area contributed by atoms with Gasteiger partial charge in [-0.2, -0.15) is 0 Å². The number of hydrogen-bond donors (Lipinski definition) is 1. The number of fused-ring (bicyclic) bond motifs is 6. The Bertz CT molecular complexity index is 4250.